The summed E-state index contributed by atoms with van der Waals surface area (Å²) in [6.07, 6.45) is 1.16. The van der Waals surface area contributed by atoms with Crippen molar-refractivity contribution in [1.82, 2.24) is 4.98 Å². The molecule has 0 bridgehead atoms. The van der Waals surface area contributed by atoms with E-state index in [1.165, 1.54) is 18.0 Å². The number of carbonyl (C=O) groups excluding carboxylic acids is 2. The first-order valence-electron chi connectivity index (χ1n) is 4.85. The molecule has 1 aliphatic heterocycles. The van der Waals surface area contributed by atoms with Crippen molar-refractivity contribution in [3.05, 3.63) is 18.3 Å². The second-order valence-electron chi connectivity index (χ2n) is 3.35. The molecule has 0 aliphatic carbocycles. The molecule has 84 valence electrons. The number of pyridine rings is 1. The molecule has 0 atom stereocenters. The average molecular weight is 221 g/mol. The molecule has 0 saturated carbocycles. The second kappa shape index (κ2) is 4.18. The second-order valence-corrected chi connectivity index (χ2v) is 3.35. The highest BCUT2D eigenvalue weighted by molar-refractivity contribution is 5.91. The fraction of sp³-hybridized carbons (Fsp3) is 0.300. The van der Waals surface area contributed by atoms with Gasteiger partial charge >= 0.3 is 6.09 Å². The van der Waals surface area contributed by atoms with Crippen LogP contribution < -0.4 is 10.2 Å². The zero-order valence-electron chi connectivity index (χ0n) is 8.77. The molecule has 16 heavy (non-hydrogen) atoms. The van der Waals surface area contributed by atoms with Crippen molar-refractivity contribution in [2.24, 2.45) is 0 Å². The molecule has 2 amide bonds. The van der Waals surface area contributed by atoms with Gasteiger partial charge in [-0.1, -0.05) is 0 Å². The van der Waals surface area contributed by atoms with Crippen LogP contribution in [0.5, 0.6) is 0 Å². The Morgan fingerprint density at radius 2 is 2.44 bits per heavy atom. The highest BCUT2D eigenvalue weighted by Gasteiger charge is 2.23. The third-order valence-electron chi connectivity index (χ3n) is 2.12. The molecule has 2 rings (SSSR count). The van der Waals surface area contributed by atoms with Crippen molar-refractivity contribution >= 4 is 23.5 Å². The lowest BCUT2D eigenvalue weighted by atomic mass is 10.3. The summed E-state index contributed by atoms with van der Waals surface area (Å²) in [5, 5.41) is 2.55. The van der Waals surface area contributed by atoms with Crippen LogP contribution in [0.2, 0.25) is 0 Å². The van der Waals surface area contributed by atoms with Gasteiger partial charge in [0, 0.05) is 19.2 Å². The maximum atomic E-state index is 11.3. The SMILES string of the molecule is CC(=O)Nc1cc(N2CCOC2=O)ccn1. The van der Waals surface area contributed by atoms with Crippen LogP contribution in [0, 0.1) is 0 Å². The van der Waals surface area contributed by atoms with Crippen molar-refractivity contribution < 1.29 is 14.3 Å². The van der Waals surface area contributed by atoms with E-state index in [9.17, 15) is 9.59 Å². The first-order chi connectivity index (χ1) is 7.66. The molecule has 0 unspecified atom stereocenters. The normalized spacial score (nSPS) is 14.8. The van der Waals surface area contributed by atoms with Crippen molar-refractivity contribution in [2.75, 3.05) is 23.4 Å². The largest absolute Gasteiger partial charge is 0.447 e. The van der Waals surface area contributed by atoms with E-state index in [4.69, 9.17) is 4.74 Å². The first kappa shape index (κ1) is 10.4. The summed E-state index contributed by atoms with van der Waals surface area (Å²) in [6.45, 7) is 2.30. The van der Waals surface area contributed by atoms with Crippen molar-refractivity contribution in [2.45, 2.75) is 6.92 Å². The Labute approximate surface area is 92.2 Å². The Kier molecular flexibility index (Phi) is 2.72. The van der Waals surface area contributed by atoms with Crippen LogP contribution in [0.3, 0.4) is 0 Å². The Balaban J connectivity index is 2.21. The molecule has 1 aliphatic rings. The highest BCUT2D eigenvalue weighted by atomic mass is 16.6. The summed E-state index contributed by atoms with van der Waals surface area (Å²) in [5.74, 6) is 0.221. The number of nitrogens with one attached hydrogen (secondary N) is 1. The Morgan fingerprint density at radius 3 is 3.06 bits per heavy atom. The zero-order chi connectivity index (χ0) is 11.5. The van der Waals surface area contributed by atoms with Crippen LogP contribution in [0.1, 0.15) is 6.92 Å². The van der Waals surface area contributed by atoms with Crippen LogP contribution in [-0.4, -0.2) is 30.1 Å². The molecule has 1 saturated heterocycles. The molecule has 1 aromatic rings. The maximum Gasteiger partial charge on any atom is 0.414 e. The predicted octanol–water partition coefficient (Wildman–Crippen LogP) is 0.997. The molecule has 0 aromatic carbocycles. The minimum atomic E-state index is -0.375. The van der Waals surface area contributed by atoms with Crippen LogP contribution in [-0.2, 0) is 9.53 Å². The van der Waals surface area contributed by atoms with Gasteiger partial charge in [-0.25, -0.2) is 9.78 Å². The molecule has 0 spiro atoms. The van der Waals surface area contributed by atoms with Gasteiger partial charge in [-0.2, -0.15) is 0 Å². The zero-order valence-corrected chi connectivity index (χ0v) is 8.77. The van der Waals surface area contributed by atoms with E-state index in [1.54, 1.807) is 12.1 Å². The smallest absolute Gasteiger partial charge is 0.414 e. The Morgan fingerprint density at radius 1 is 1.62 bits per heavy atom. The number of hydrogen-bond donors (Lipinski definition) is 1. The number of cyclic esters (lactones) is 1. The lowest BCUT2D eigenvalue weighted by Gasteiger charge is -2.13. The fourth-order valence-electron chi connectivity index (χ4n) is 1.46. The number of rotatable bonds is 2. The van der Waals surface area contributed by atoms with Crippen LogP contribution in [0.25, 0.3) is 0 Å². The molecule has 6 nitrogen and oxygen atoms in total. The summed E-state index contributed by atoms with van der Waals surface area (Å²) in [7, 11) is 0. The Bertz CT molecular complexity index is 433. The van der Waals surface area contributed by atoms with Gasteiger partial charge in [0.25, 0.3) is 0 Å². The van der Waals surface area contributed by atoms with Crippen LogP contribution in [0.15, 0.2) is 18.3 Å². The van der Waals surface area contributed by atoms with Gasteiger partial charge < -0.3 is 10.1 Å². The van der Waals surface area contributed by atoms with Gasteiger partial charge in [0.15, 0.2) is 0 Å². The molecular formula is C10H11N3O3. The fourth-order valence-corrected chi connectivity index (χ4v) is 1.46. The minimum Gasteiger partial charge on any atom is -0.447 e. The third-order valence-corrected chi connectivity index (χ3v) is 2.12. The number of nitrogens with zero attached hydrogens (tertiary/aromatic N) is 2. The van der Waals surface area contributed by atoms with Gasteiger partial charge in [-0.15, -0.1) is 0 Å². The van der Waals surface area contributed by atoms with Crippen LogP contribution in [0.4, 0.5) is 16.3 Å². The monoisotopic (exact) mass is 221 g/mol. The van der Waals surface area contributed by atoms with Crippen molar-refractivity contribution in [3.63, 3.8) is 0 Å². The molecular weight excluding hydrogens is 210 g/mol. The van der Waals surface area contributed by atoms with Crippen molar-refractivity contribution in [1.29, 1.82) is 0 Å². The number of aromatic nitrogens is 1. The van der Waals surface area contributed by atoms with Gasteiger partial charge in [0.2, 0.25) is 5.91 Å². The topological polar surface area (TPSA) is 71.5 Å². The van der Waals surface area contributed by atoms with E-state index in [0.717, 1.165) is 0 Å². The molecule has 1 fully saturated rings. The molecule has 1 N–H and O–H groups in total. The summed E-state index contributed by atoms with van der Waals surface area (Å²) in [4.78, 5) is 27.6. The van der Waals surface area contributed by atoms with E-state index in [0.29, 0.717) is 24.7 Å². The third kappa shape index (κ3) is 2.10. The van der Waals surface area contributed by atoms with Crippen molar-refractivity contribution in [3.8, 4) is 0 Å². The standard InChI is InChI=1S/C10H11N3O3/c1-7(14)12-9-6-8(2-3-11-9)13-4-5-16-10(13)15/h2-3,6H,4-5H2,1H3,(H,11,12,14). The van der Waals surface area contributed by atoms with E-state index in [2.05, 4.69) is 10.3 Å². The minimum absolute atomic E-state index is 0.200. The maximum absolute atomic E-state index is 11.3. The van der Waals surface area contributed by atoms with Gasteiger partial charge in [-0.05, 0) is 6.07 Å². The predicted molar refractivity (Wildman–Crippen MR) is 57.2 cm³/mol. The molecule has 1 aromatic heterocycles. The molecule has 0 radical (unpaired) electrons. The molecule has 2 heterocycles. The van der Waals surface area contributed by atoms with E-state index in [-0.39, 0.29) is 12.0 Å². The first-order valence-corrected chi connectivity index (χ1v) is 4.85. The number of hydrogen-bond acceptors (Lipinski definition) is 4. The summed E-state index contributed by atoms with van der Waals surface area (Å²) >= 11 is 0. The number of ether oxygens (including phenoxy) is 1. The van der Waals surface area contributed by atoms with Gasteiger partial charge in [0.05, 0.1) is 12.2 Å². The number of carbonyl (C=O) groups is 2. The van der Waals surface area contributed by atoms with E-state index < -0.39 is 0 Å². The lowest BCUT2D eigenvalue weighted by molar-refractivity contribution is -0.114. The quantitative estimate of drug-likeness (QED) is 0.808. The number of amides is 2. The van der Waals surface area contributed by atoms with E-state index in [1.807, 2.05) is 0 Å². The van der Waals surface area contributed by atoms with Gasteiger partial charge in [0.1, 0.15) is 12.4 Å². The Hall–Kier alpha value is -2.11. The summed E-state index contributed by atoms with van der Waals surface area (Å²) in [5.41, 5.74) is 0.668. The number of anilines is 2. The lowest BCUT2D eigenvalue weighted by Crippen LogP contribution is -2.23. The summed E-state index contributed by atoms with van der Waals surface area (Å²) in [6, 6.07) is 3.33. The van der Waals surface area contributed by atoms with E-state index >= 15 is 0 Å². The average Bonchev–Trinajstić information content (AvgIpc) is 2.64. The summed E-state index contributed by atoms with van der Waals surface area (Å²) < 4.78 is 4.82. The van der Waals surface area contributed by atoms with Crippen LogP contribution >= 0.6 is 0 Å². The van der Waals surface area contributed by atoms with Gasteiger partial charge in [-0.3, -0.25) is 9.69 Å². The highest BCUT2D eigenvalue weighted by Crippen LogP contribution is 2.20. The molecule has 6 heteroatoms.